The Bertz CT molecular complexity index is 725. The average molecular weight is 375 g/mol. The van der Waals surface area contributed by atoms with Crippen LogP contribution in [0.5, 0.6) is 0 Å². The molecule has 2 saturated carbocycles. The van der Waals surface area contributed by atoms with Crippen molar-refractivity contribution in [1.29, 1.82) is 0 Å². The second-order valence-electron chi connectivity index (χ2n) is 8.06. The fraction of sp³-hybridized carbons (Fsp3) is 0.684. The van der Waals surface area contributed by atoms with Crippen LogP contribution in [-0.4, -0.2) is 80.3 Å². The molecule has 2 aliphatic carbocycles. The van der Waals surface area contributed by atoms with Crippen LogP contribution in [0.15, 0.2) is 12.7 Å². The van der Waals surface area contributed by atoms with Crippen molar-refractivity contribution >= 4 is 23.7 Å². The van der Waals surface area contributed by atoms with Crippen LogP contribution in [0.1, 0.15) is 44.9 Å². The van der Waals surface area contributed by atoms with Gasteiger partial charge < -0.3 is 19.8 Å². The summed E-state index contributed by atoms with van der Waals surface area (Å²) in [7, 11) is 0. The van der Waals surface area contributed by atoms with E-state index in [1.54, 1.807) is 9.80 Å². The maximum atomic E-state index is 13.4. The van der Waals surface area contributed by atoms with Crippen molar-refractivity contribution in [2.45, 2.75) is 62.1 Å². The minimum Gasteiger partial charge on any atom is -0.480 e. The number of nitrogens with zero attached hydrogens (tertiary/aromatic N) is 3. The van der Waals surface area contributed by atoms with E-state index >= 15 is 0 Å². The second kappa shape index (κ2) is 6.07. The molecule has 8 nitrogen and oxygen atoms in total. The summed E-state index contributed by atoms with van der Waals surface area (Å²) in [4.78, 5) is 55.1. The molecule has 0 aromatic carbocycles. The Hall–Kier alpha value is -2.38. The van der Waals surface area contributed by atoms with Crippen LogP contribution in [0.25, 0.3) is 0 Å². The smallest absolute Gasteiger partial charge is 0.326 e. The monoisotopic (exact) mass is 375 g/mol. The summed E-state index contributed by atoms with van der Waals surface area (Å²) in [6.45, 7) is 4.63. The van der Waals surface area contributed by atoms with Crippen LogP contribution in [0.3, 0.4) is 0 Å². The van der Waals surface area contributed by atoms with Gasteiger partial charge in [-0.15, -0.1) is 0 Å². The number of likely N-dealkylation sites (tertiary alicyclic amines) is 1. The maximum absolute atomic E-state index is 13.4. The first-order valence-corrected chi connectivity index (χ1v) is 9.67. The molecule has 1 atom stereocenters. The van der Waals surface area contributed by atoms with Crippen LogP contribution >= 0.6 is 0 Å². The van der Waals surface area contributed by atoms with Crippen molar-refractivity contribution in [2.24, 2.45) is 0 Å². The Morgan fingerprint density at radius 3 is 2.30 bits per heavy atom. The molecule has 146 valence electrons. The normalized spacial score (nSPS) is 28.1. The number of aliphatic carboxylic acids is 1. The molecule has 4 aliphatic rings. The molecule has 1 N–H and O–H groups in total. The van der Waals surface area contributed by atoms with Gasteiger partial charge in [0, 0.05) is 19.6 Å². The molecule has 2 saturated heterocycles. The topological polar surface area (TPSA) is 98.2 Å². The molecule has 0 aromatic rings. The largest absolute Gasteiger partial charge is 0.480 e. The zero-order chi connectivity index (χ0) is 19.4. The molecule has 4 fully saturated rings. The van der Waals surface area contributed by atoms with Crippen molar-refractivity contribution < 1.29 is 24.3 Å². The molecule has 2 aliphatic heterocycles. The van der Waals surface area contributed by atoms with E-state index in [0.717, 1.165) is 6.42 Å². The second-order valence-corrected chi connectivity index (χ2v) is 8.06. The summed E-state index contributed by atoms with van der Waals surface area (Å²) in [6.07, 6.45) is 5.52. The van der Waals surface area contributed by atoms with Crippen LogP contribution in [0.4, 0.5) is 0 Å². The highest BCUT2D eigenvalue weighted by molar-refractivity contribution is 6.02. The summed E-state index contributed by atoms with van der Waals surface area (Å²) in [6, 6.07) is -0.802. The van der Waals surface area contributed by atoms with Crippen LogP contribution in [0, 0.1) is 0 Å². The van der Waals surface area contributed by atoms with Crippen molar-refractivity contribution in [3.8, 4) is 0 Å². The van der Waals surface area contributed by atoms with Crippen molar-refractivity contribution in [2.75, 3.05) is 19.6 Å². The number of carbonyl (C=O) groups is 4. The minimum atomic E-state index is -0.985. The predicted octanol–water partition coefficient (Wildman–Crippen LogP) is 0.374. The summed E-state index contributed by atoms with van der Waals surface area (Å²) in [5, 5.41) is 9.44. The van der Waals surface area contributed by atoms with Gasteiger partial charge in [0.1, 0.15) is 17.1 Å². The molecular weight excluding hydrogens is 350 g/mol. The van der Waals surface area contributed by atoms with E-state index in [-0.39, 0.29) is 17.7 Å². The quantitative estimate of drug-likeness (QED) is 0.716. The molecule has 2 heterocycles. The number of carboxylic acid groups (broad SMARTS) is 1. The summed E-state index contributed by atoms with van der Waals surface area (Å²) >= 11 is 0. The fourth-order valence-electron chi connectivity index (χ4n) is 4.97. The number of rotatable bonds is 4. The third-order valence-electron chi connectivity index (χ3n) is 6.77. The number of amides is 3. The zero-order valence-electron chi connectivity index (χ0n) is 15.4. The molecule has 4 rings (SSSR count). The van der Waals surface area contributed by atoms with E-state index in [4.69, 9.17) is 0 Å². The first kappa shape index (κ1) is 18.0. The molecule has 1 spiro atoms. The molecule has 0 aromatic heterocycles. The van der Waals surface area contributed by atoms with Gasteiger partial charge in [-0.1, -0.05) is 6.58 Å². The molecule has 0 radical (unpaired) electrons. The van der Waals surface area contributed by atoms with Gasteiger partial charge in [-0.05, 0) is 51.0 Å². The Kier molecular flexibility index (Phi) is 4.05. The Balaban J connectivity index is 1.61. The van der Waals surface area contributed by atoms with Crippen LogP contribution in [-0.2, 0) is 19.2 Å². The first-order valence-electron chi connectivity index (χ1n) is 9.67. The lowest BCUT2D eigenvalue weighted by Crippen LogP contribution is -2.72. The van der Waals surface area contributed by atoms with Crippen molar-refractivity contribution in [3.63, 3.8) is 0 Å². The predicted molar refractivity (Wildman–Crippen MR) is 94.5 cm³/mol. The first-order chi connectivity index (χ1) is 12.9. The Morgan fingerprint density at radius 2 is 1.78 bits per heavy atom. The summed E-state index contributed by atoms with van der Waals surface area (Å²) in [5.74, 6) is -1.63. The van der Waals surface area contributed by atoms with Gasteiger partial charge in [0.05, 0.1) is 0 Å². The number of carboxylic acids is 1. The number of piperazine rings is 1. The summed E-state index contributed by atoms with van der Waals surface area (Å²) in [5.41, 5.74) is -1.77. The lowest BCUT2D eigenvalue weighted by atomic mass is 9.73. The van der Waals surface area contributed by atoms with E-state index in [2.05, 4.69) is 6.58 Å². The highest BCUT2D eigenvalue weighted by atomic mass is 16.4. The Morgan fingerprint density at radius 1 is 1.07 bits per heavy atom. The third kappa shape index (κ3) is 2.41. The van der Waals surface area contributed by atoms with Crippen LogP contribution < -0.4 is 0 Å². The highest BCUT2D eigenvalue weighted by Gasteiger charge is 2.65. The maximum Gasteiger partial charge on any atom is 0.326 e. The SMILES string of the molecule is C=CC(=O)N1CCN(C2(C(=O)N3CCC[C@H]3C(=O)O)CCC2)C(=O)C12CC2. The van der Waals surface area contributed by atoms with Gasteiger partial charge in [0.25, 0.3) is 0 Å². The highest BCUT2D eigenvalue weighted by Crippen LogP contribution is 2.50. The zero-order valence-corrected chi connectivity index (χ0v) is 15.4. The van der Waals surface area contributed by atoms with Gasteiger partial charge >= 0.3 is 5.97 Å². The van der Waals surface area contributed by atoms with Gasteiger partial charge in [-0.3, -0.25) is 14.4 Å². The van der Waals surface area contributed by atoms with E-state index in [1.807, 2.05) is 0 Å². The average Bonchev–Trinajstić information content (AvgIpc) is 3.23. The van der Waals surface area contributed by atoms with Crippen molar-refractivity contribution in [1.82, 2.24) is 14.7 Å². The molecule has 3 amide bonds. The van der Waals surface area contributed by atoms with Gasteiger partial charge in [-0.2, -0.15) is 0 Å². The molecule has 27 heavy (non-hydrogen) atoms. The van der Waals surface area contributed by atoms with Crippen molar-refractivity contribution in [3.05, 3.63) is 12.7 Å². The standard InChI is InChI=1S/C19H25N3O5/c1-2-14(23)21-11-12-22(17(27)19(21)8-9-19)18(6-4-7-18)16(26)20-10-3-5-13(20)15(24)25/h2,13H,1,3-12H2,(H,24,25)/t13-/m0/s1. The third-order valence-corrected chi connectivity index (χ3v) is 6.77. The summed E-state index contributed by atoms with van der Waals surface area (Å²) < 4.78 is 0. The van der Waals surface area contributed by atoms with E-state index in [9.17, 15) is 24.3 Å². The molecule has 0 bridgehead atoms. The van der Waals surface area contributed by atoms with Gasteiger partial charge in [0.15, 0.2) is 0 Å². The fourth-order valence-corrected chi connectivity index (χ4v) is 4.97. The molecule has 0 unspecified atom stereocenters. The van der Waals surface area contributed by atoms with E-state index < -0.39 is 23.1 Å². The van der Waals surface area contributed by atoms with E-state index in [1.165, 1.54) is 11.0 Å². The minimum absolute atomic E-state index is 0.164. The van der Waals surface area contributed by atoms with Gasteiger partial charge in [0.2, 0.25) is 17.7 Å². The molecule has 8 heteroatoms. The lowest BCUT2D eigenvalue weighted by Gasteiger charge is -2.54. The number of hydrogen-bond donors (Lipinski definition) is 1. The number of hydrogen-bond acceptors (Lipinski definition) is 4. The van der Waals surface area contributed by atoms with Gasteiger partial charge in [-0.25, -0.2) is 4.79 Å². The lowest BCUT2D eigenvalue weighted by molar-refractivity contribution is -0.173. The number of carbonyl (C=O) groups excluding carboxylic acids is 3. The van der Waals surface area contributed by atoms with E-state index in [0.29, 0.717) is 58.2 Å². The van der Waals surface area contributed by atoms with Crippen LogP contribution in [0.2, 0.25) is 0 Å². The Labute approximate surface area is 157 Å². The molecular formula is C19H25N3O5.